The summed E-state index contributed by atoms with van der Waals surface area (Å²) in [5.41, 5.74) is 1.10. The molecule has 0 aliphatic heterocycles. The topological polar surface area (TPSA) is 67.2 Å². The average Bonchev–Trinajstić information content (AvgIpc) is 2.48. The summed E-state index contributed by atoms with van der Waals surface area (Å²) in [5, 5.41) is 12.6. The third-order valence-corrected chi connectivity index (χ3v) is 2.95. The van der Waals surface area contributed by atoms with E-state index in [0.717, 1.165) is 11.8 Å². The molecule has 21 heavy (non-hydrogen) atoms. The fraction of sp³-hybridized carbons (Fsp3) is 0. The van der Waals surface area contributed by atoms with Crippen molar-refractivity contribution >= 4 is 11.6 Å². The molecule has 0 amide bonds. The van der Waals surface area contributed by atoms with Crippen LogP contribution in [0, 0.1) is 0 Å². The number of hydrogen-bond acceptors (Lipinski definition) is 4. The van der Waals surface area contributed by atoms with E-state index in [1.54, 1.807) is 12.1 Å². The van der Waals surface area contributed by atoms with E-state index in [1.807, 2.05) is 48.5 Å². The van der Waals surface area contributed by atoms with Crippen LogP contribution in [0.4, 0.5) is 11.6 Å². The summed E-state index contributed by atoms with van der Waals surface area (Å²) in [7, 11) is 0. The molecule has 5 nitrogen and oxygen atoms in total. The van der Waals surface area contributed by atoms with Crippen LogP contribution >= 0.6 is 0 Å². The Morgan fingerprint density at radius 1 is 0.952 bits per heavy atom. The van der Waals surface area contributed by atoms with Crippen LogP contribution in [0.2, 0.25) is 0 Å². The van der Waals surface area contributed by atoms with Crippen LogP contribution in [0.3, 0.4) is 0 Å². The van der Waals surface area contributed by atoms with Crippen LogP contribution in [0.25, 0.3) is 5.69 Å². The summed E-state index contributed by atoms with van der Waals surface area (Å²) in [4.78, 5) is 16.2. The van der Waals surface area contributed by atoms with Crippen LogP contribution in [0.5, 0.6) is 5.88 Å². The number of nitrogens with zero attached hydrogens (tertiary/aromatic N) is 2. The van der Waals surface area contributed by atoms with E-state index in [2.05, 4.69) is 10.3 Å². The standard InChI is InChI=1S/C16H13N3O2/c20-14-11-15(21)19(13-9-5-2-6-10-13)16(18-14)17-12-7-3-1-4-8-12/h1-11,20H,(H,17,18). The summed E-state index contributed by atoms with van der Waals surface area (Å²) in [6.07, 6.45) is 0. The Hall–Kier alpha value is -3.08. The van der Waals surface area contributed by atoms with E-state index < -0.39 is 0 Å². The van der Waals surface area contributed by atoms with Gasteiger partial charge in [0.25, 0.3) is 5.56 Å². The van der Waals surface area contributed by atoms with E-state index in [0.29, 0.717) is 5.69 Å². The molecule has 104 valence electrons. The SMILES string of the molecule is O=c1cc(O)nc(Nc2ccccc2)n1-c1ccccc1. The highest BCUT2D eigenvalue weighted by atomic mass is 16.3. The van der Waals surface area contributed by atoms with Gasteiger partial charge in [-0.1, -0.05) is 36.4 Å². The molecule has 1 heterocycles. The summed E-state index contributed by atoms with van der Waals surface area (Å²) < 4.78 is 1.41. The minimum Gasteiger partial charge on any atom is -0.493 e. The van der Waals surface area contributed by atoms with Crippen molar-refractivity contribution in [1.29, 1.82) is 0 Å². The Morgan fingerprint density at radius 3 is 2.24 bits per heavy atom. The van der Waals surface area contributed by atoms with Gasteiger partial charge < -0.3 is 10.4 Å². The summed E-state index contributed by atoms with van der Waals surface area (Å²) >= 11 is 0. The zero-order chi connectivity index (χ0) is 14.7. The molecule has 0 bridgehead atoms. The van der Waals surface area contributed by atoms with Crippen LogP contribution in [0.1, 0.15) is 0 Å². The van der Waals surface area contributed by atoms with Gasteiger partial charge in [0.1, 0.15) is 0 Å². The largest absolute Gasteiger partial charge is 0.493 e. The van der Waals surface area contributed by atoms with Gasteiger partial charge in [0.05, 0.1) is 11.8 Å². The molecule has 1 aromatic heterocycles. The maximum absolute atomic E-state index is 12.2. The molecule has 0 saturated heterocycles. The maximum Gasteiger partial charge on any atom is 0.263 e. The predicted molar refractivity (Wildman–Crippen MR) is 81.2 cm³/mol. The number of rotatable bonds is 3. The van der Waals surface area contributed by atoms with Crippen LogP contribution in [-0.2, 0) is 0 Å². The molecule has 0 saturated carbocycles. The third kappa shape index (κ3) is 2.76. The van der Waals surface area contributed by atoms with E-state index in [9.17, 15) is 9.90 Å². The van der Waals surface area contributed by atoms with Gasteiger partial charge in [-0.05, 0) is 24.3 Å². The Balaban J connectivity index is 2.13. The molecule has 2 aromatic carbocycles. The molecule has 0 radical (unpaired) electrons. The molecular formula is C16H13N3O2. The van der Waals surface area contributed by atoms with Gasteiger partial charge in [0.2, 0.25) is 11.8 Å². The van der Waals surface area contributed by atoms with Crippen molar-refractivity contribution in [3.8, 4) is 11.6 Å². The van der Waals surface area contributed by atoms with Crippen molar-refractivity contribution in [3.05, 3.63) is 77.1 Å². The molecule has 3 aromatic rings. The Morgan fingerprint density at radius 2 is 1.57 bits per heavy atom. The summed E-state index contributed by atoms with van der Waals surface area (Å²) in [6, 6.07) is 19.6. The minimum absolute atomic E-state index is 0.261. The Bertz CT molecular complexity index is 799. The first-order valence-corrected chi connectivity index (χ1v) is 6.44. The smallest absolute Gasteiger partial charge is 0.263 e. The number of aromatic nitrogens is 2. The second-order valence-corrected chi connectivity index (χ2v) is 4.44. The van der Waals surface area contributed by atoms with Gasteiger partial charge in [-0.15, -0.1) is 0 Å². The molecule has 0 unspecified atom stereocenters. The van der Waals surface area contributed by atoms with Crippen LogP contribution < -0.4 is 10.9 Å². The molecule has 0 atom stereocenters. The van der Waals surface area contributed by atoms with Crippen molar-refractivity contribution in [2.45, 2.75) is 0 Å². The van der Waals surface area contributed by atoms with Crippen LogP contribution in [0.15, 0.2) is 71.5 Å². The molecule has 0 aliphatic rings. The average molecular weight is 279 g/mol. The monoisotopic (exact) mass is 279 g/mol. The molecule has 3 rings (SSSR count). The molecule has 5 heteroatoms. The zero-order valence-corrected chi connectivity index (χ0v) is 11.1. The lowest BCUT2D eigenvalue weighted by molar-refractivity contribution is 0.451. The van der Waals surface area contributed by atoms with Crippen molar-refractivity contribution in [3.63, 3.8) is 0 Å². The highest BCUT2D eigenvalue weighted by Gasteiger charge is 2.10. The second kappa shape index (κ2) is 5.50. The summed E-state index contributed by atoms with van der Waals surface area (Å²) in [6.45, 7) is 0. The van der Waals surface area contributed by atoms with Gasteiger partial charge in [0.15, 0.2) is 0 Å². The quantitative estimate of drug-likeness (QED) is 0.773. The molecular weight excluding hydrogens is 266 g/mol. The molecule has 2 N–H and O–H groups in total. The number of nitrogens with one attached hydrogen (secondary N) is 1. The second-order valence-electron chi connectivity index (χ2n) is 4.44. The van der Waals surface area contributed by atoms with E-state index in [-0.39, 0.29) is 17.4 Å². The fourth-order valence-electron chi connectivity index (χ4n) is 2.03. The number of anilines is 2. The van der Waals surface area contributed by atoms with Crippen molar-refractivity contribution in [2.24, 2.45) is 0 Å². The lowest BCUT2D eigenvalue weighted by Gasteiger charge is -2.13. The maximum atomic E-state index is 12.2. The van der Waals surface area contributed by atoms with E-state index in [4.69, 9.17) is 0 Å². The van der Waals surface area contributed by atoms with E-state index >= 15 is 0 Å². The number of para-hydroxylation sites is 2. The first kappa shape index (κ1) is 12.9. The van der Waals surface area contributed by atoms with Crippen molar-refractivity contribution < 1.29 is 5.11 Å². The Labute approximate surface area is 121 Å². The molecule has 0 spiro atoms. The zero-order valence-electron chi connectivity index (χ0n) is 11.1. The van der Waals surface area contributed by atoms with E-state index in [1.165, 1.54) is 4.57 Å². The first-order chi connectivity index (χ1) is 10.2. The van der Waals surface area contributed by atoms with Crippen molar-refractivity contribution in [2.75, 3.05) is 5.32 Å². The lowest BCUT2D eigenvalue weighted by Crippen LogP contribution is -2.21. The third-order valence-electron chi connectivity index (χ3n) is 2.95. The number of aromatic hydroxyl groups is 1. The van der Waals surface area contributed by atoms with Crippen molar-refractivity contribution in [1.82, 2.24) is 9.55 Å². The predicted octanol–water partition coefficient (Wildman–Crippen LogP) is 2.68. The molecule has 0 aliphatic carbocycles. The van der Waals surface area contributed by atoms with Crippen LogP contribution in [-0.4, -0.2) is 14.7 Å². The fourth-order valence-corrected chi connectivity index (χ4v) is 2.03. The van der Waals surface area contributed by atoms with Gasteiger partial charge in [0, 0.05) is 5.69 Å². The Kier molecular flexibility index (Phi) is 3.39. The van der Waals surface area contributed by atoms with Gasteiger partial charge in [-0.3, -0.25) is 4.79 Å². The minimum atomic E-state index is -0.355. The van der Waals surface area contributed by atoms with Gasteiger partial charge in [-0.25, -0.2) is 4.57 Å². The number of hydrogen-bond donors (Lipinski definition) is 2. The lowest BCUT2D eigenvalue weighted by atomic mass is 10.3. The normalized spacial score (nSPS) is 10.3. The molecule has 0 fully saturated rings. The first-order valence-electron chi connectivity index (χ1n) is 6.44. The van der Waals surface area contributed by atoms with Gasteiger partial charge >= 0.3 is 0 Å². The highest BCUT2D eigenvalue weighted by molar-refractivity contribution is 5.56. The number of benzene rings is 2. The van der Waals surface area contributed by atoms with Gasteiger partial charge in [-0.2, -0.15) is 4.98 Å². The summed E-state index contributed by atoms with van der Waals surface area (Å²) in [5.74, 6) is -0.0528. The highest BCUT2D eigenvalue weighted by Crippen LogP contribution is 2.18.